The molecule has 0 radical (unpaired) electrons. The summed E-state index contributed by atoms with van der Waals surface area (Å²) in [6, 6.07) is 11.5. The highest BCUT2D eigenvalue weighted by Gasteiger charge is 2.15. The Balaban J connectivity index is 2.00. The number of carbonyl (C=O) groups is 1. The molecule has 122 valence electrons. The molecule has 1 atom stereocenters. The monoisotopic (exact) mass is 334 g/mol. The molecule has 8 heteroatoms. The van der Waals surface area contributed by atoms with Gasteiger partial charge in [0.2, 0.25) is 15.9 Å². The minimum atomic E-state index is -3.52. The number of nitrogens with zero attached hydrogens (tertiary/aromatic N) is 1. The molecule has 1 unspecified atom stereocenters. The topological polar surface area (TPSA) is 100 Å². The number of pyridine rings is 1. The first-order chi connectivity index (χ1) is 10.9. The molecule has 1 heterocycles. The molecule has 1 amide bonds. The van der Waals surface area contributed by atoms with Crippen LogP contribution >= 0.6 is 0 Å². The maximum Gasteiger partial charge on any atom is 0.246 e. The Kier molecular flexibility index (Phi) is 5.30. The zero-order valence-corrected chi connectivity index (χ0v) is 13.6. The molecule has 2 rings (SSSR count). The maximum absolute atomic E-state index is 12.1. The highest BCUT2D eigenvalue weighted by atomic mass is 32.2. The molecule has 0 spiro atoms. The van der Waals surface area contributed by atoms with Crippen LogP contribution in [0.5, 0.6) is 0 Å². The molecule has 3 N–H and O–H groups in total. The number of amides is 1. The number of aromatic nitrogens is 1. The molecule has 0 aliphatic rings. The van der Waals surface area contributed by atoms with Crippen molar-refractivity contribution in [1.82, 2.24) is 9.71 Å². The Hall–Kier alpha value is -2.45. The summed E-state index contributed by atoms with van der Waals surface area (Å²) in [4.78, 5) is 16.2. The van der Waals surface area contributed by atoms with Crippen molar-refractivity contribution in [2.75, 3.05) is 17.7 Å². The van der Waals surface area contributed by atoms with Crippen LogP contribution in [0, 0.1) is 0 Å². The molecule has 0 fully saturated rings. The van der Waals surface area contributed by atoms with Gasteiger partial charge in [0.15, 0.2) is 0 Å². The second kappa shape index (κ2) is 7.21. The van der Waals surface area contributed by atoms with Crippen molar-refractivity contribution in [3.05, 3.63) is 48.7 Å². The Bertz CT molecular complexity index is 761. The lowest BCUT2D eigenvalue weighted by Gasteiger charge is -2.14. The second-order valence-electron chi connectivity index (χ2n) is 4.81. The van der Waals surface area contributed by atoms with Crippen molar-refractivity contribution in [2.45, 2.75) is 17.9 Å². The van der Waals surface area contributed by atoms with Crippen LogP contribution in [-0.2, 0) is 14.8 Å². The molecule has 0 saturated heterocycles. The van der Waals surface area contributed by atoms with Gasteiger partial charge in [0, 0.05) is 11.9 Å². The van der Waals surface area contributed by atoms with E-state index in [-0.39, 0.29) is 10.8 Å². The van der Waals surface area contributed by atoms with Gasteiger partial charge in [-0.2, -0.15) is 0 Å². The van der Waals surface area contributed by atoms with Gasteiger partial charge in [-0.3, -0.25) is 4.79 Å². The van der Waals surface area contributed by atoms with Crippen LogP contribution in [0.15, 0.2) is 53.6 Å². The zero-order valence-electron chi connectivity index (χ0n) is 12.8. The van der Waals surface area contributed by atoms with E-state index in [9.17, 15) is 13.2 Å². The molecular formula is C15H18N4O3S. The summed E-state index contributed by atoms with van der Waals surface area (Å²) < 4.78 is 25.4. The van der Waals surface area contributed by atoms with Gasteiger partial charge in [0.1, 0.15) is 16.8 Å². The van der Waals surface area contributed by atoms with E-state index < -0.39 is 16.1 Å². The van der Waals surface area contributed by atoms with Gasteiger partial charge in [-0.1, -0.05) is 18.2 Å². The molecule has 1 aromatic heterocycles. The fourth-order valence-electron chi connectivity index (χ4n) is 1.80. The van der Waals surface area contributed by atoms with Crippen LogP contribution in [-0.4, -0.2) is 32.4 Å². The van der Waals surface area contributed by atoms with E-state index in [0.717, 1.165) is 0 Å². The summed E-state index contributed by atoms with van der Waals surface area (Å²) in [5.74, 6) is 0.195. The minimum absolute atomic E-state index is 0.0620. The molecule has 0 bridgehead atoms. The van der Waals surface area contributed by atoms with Crippen molar-refractivity contribution in [3.63, 3.8) is 0 Å². The number of sulfonamides is 1. The van der Waals surface area contributed by atoms with E-state index in [4.69, 9.17) is 0 Å². The van der Waals surface area contributed by atoms with Crippen molar-refractivity contribution < 1.29 is 13.2 Å². The lowest BCUT2D eigenvalue weighted by Crippen LogP contribution is -2.32. The van der Waals surface area contributed by atoms with Crippen LogP contribution in [0.3, 0.4) is 0 Å². The number of anilines is 2. The highest BCUT2D eigenvalue weighted by Crippen LogP contribution is 2.12. The lowest BCUT2D eigenvalue weighted by molar-refractivity contribution is -0.116. The summed E-state index contributed by atoms with van der Waals surface area (Å²) >= 11 is 0. The van der Waals surface area contributed by atoms with E-state index >= 15 is 0 Å². The Morgan fingerprint density at radius 1 is 1.13 bits per heavy atom. The van der Waals surface area contributed by atoms with Crippen molar-refractivity contribution >= 4 is 27.4 Å². The predicted molar refractivity (Wildman–Crippen MR) is 88.6 cm³/mol. The molecule has 0 aliphatic carbocycles. The third kappa shape index (κ3) is 4.51. The fourth-order valence-corrected chi connectivity index (χ4v) is 2.48. The lowest BCUT2D eigenvalue weighted by atomic mass is 10.2. The first-order valence-electron chi connectivity index (χ1n) is 6.94. The maximum atomic E-state index is 12.1. The average Bonchev–Trinajstić information content (AvgIpc) is 2.56. The second-order valence-corrected chi connectivity index (χ2v) is 6.69. The van der Waals surface area contributed by atoms with Gasteiger partial charge < -0.3 is 10.6 Å². The Morgan fingerprint density at radius 3 is 2.39 bits per heavy atom. The molecule has 23 heavy (non-hydrogen) atoms. The molecule has 0 aliphatic heterocycles. The minimum Gasteiger partial charge on any atom is -0.359 e. The van der Waals surface area contributed by atoms with Crippen molar-refractivity contribution in [1.29, 1.82) is 0 Å². The molecule has 7 nitrogen and oxygen atoms in total. The summed E-state index contributed by atoms with van der Waals surface area (Å²) in [6.07, 6.45) is 1.23. The van der Waals surface area contributed by atoms with Gasteiger partial charge >= 0.3 is 0 Å². The van der Waals surface area contributed by atoms with E-state index in [2.05, 4.69) is 20.3 Å². The number of benzene rings is 1. The largest absolute Gasteiger partial charge is 0.359 e. The Labute approximate surface area is 135 Å². The van der Waals surface area contributed by atoms with Crippen LogP contribution in [0.2, 0.25) is 0 Å². The smallest absolute Gasteiger partial charge is 0.246 e. The molecule has 0 saturated carbocycles. The third-order valence-electron chi connectivity index (χ3n) is 3.11. The van der Waals surface area contributed by atoms with Crippen LogP contribution in [0.25, 0.3) is 0 Å². The van der Waals surface area contributed by atoms with Gasteiger partial charge in [-0.05, 0) is 38.2 Å². The first kappa shape index (κ1) is 16.9. The summed E-state index contributed by atoms with van der Waals surface area (Å²) in [7, 11) is -2.19. The number of carbonyl (C=O) groups excluding carboxylic acids is 1. The molecule has 2 aromatic rings. The molecule has 1 aromatic carbocycles. The number of hydrogen-bond donors (Lipinski definition) is 3. The van der Waals surface area contributed by atoms with E-state index in [1.807, 2.05) is 18.2 Å². The van der Waals surface area contributed by atoms with Crippen molar-refractivity contribution in [2.24, 2.45) is 0 Å². The average molecular weight is 334 g/mol. The third-order valence-corrected chi connectivity index (χ3v) is 4.51. The summed E-state index contributed by atoms with van der Waals surface area (Å²) in [5.41, 5.74) is 0.703. The van der Waals surface area contributed by atoms with Crippen molar-refractivity contribution in [3.8, 4) is 0 Å². The van der Waals surface area contributed by atoms with Crippen LogP contribution < -0.4 is 15.4 Å². The standard InChI is InChI=1S/C15H18N4O3S/c1-11(15(20)19-12-6-4-3-5-7-12)18-14-9-8-13(10-17-14)23(21,22)16-2/h3-11,16H,1-2H3,(H,17,18)(H,19,20). The fraction of sp³-hybridized carbons (Fsp3) is 0.200. The normalized spacial score (nSPS) is 12.4. The Morgan fingerprint density at radius 2 is 1.83 bits per heavy atom. The SMILES string of the molecule is CNS(=O)(=O)c1ccc(NC(C)C(=O)Nc2ccccc2)nc1. The number of nitrogens with one attached hydrogen (secondary N) is 3. The van der Waals surface area contributed by atoms with Gasteiger partial charge in [0.05, 0.1) is 0 Å². The summed E-state index contributed by atoms with van der Waals surface area (Å²) in [6.45, 7) is 1.69. The highest BCUT2D eigenvalue weighted by molar-refractivity contribution is 7.89. The van der Waals surface area contributed by atoms with Gasteiger partial charge in [-0.15, -0.1) is 0 Å². The van der Waals surface area contributed by atoms with Gasteiger partial charge in [-0.25, -0.2) is 18.1 Å². The van der Waals surface area contributed by atoms with E-state index in [1.165, 1.54) is 25.4 Å². The summed E-state index contributed by atoms with van der Waals surface area (Å²) in [5, 5.41) is 5.69. The number of hydrogen-bond acceptors (Lipinski definition) is 5. The van der Waals surface area contributed by atoms with E-state index in [1.54, 1.807) is 19.1 Å². The van der Waals surface area contributed by atoms with E-state index in [0.29, 0.717) is 11.5 Å². The number of rotatable bonds is 6. The van der Waals surface area contributed by atoms with Crippen LogP contribution in [0.4, 0.5) is 11.5 Å². The van der Waals surface area contributed by atoms with Crippen LogP contribution in [0.1, 0.15) is 6.92 Å². The zero-order chi connectivity index (χ0) is 16.9. The predicted octanol–water partition coefficient (Wildman–Crippen LogP) is 1.43. The quantitative estimate of drug-likeness (QED) is 0.742. The van der Waals surface area contributed by atoms with Gasteiger partial charge in [0.25, 0.3) is 0 Å². The first-order valence-corrected chi connectivity index (χ1v) is 8.43. The number of para-hydroxylation sites is 1. The molecular weight excluding hydrogens is 316 g/mol.